The van der Waals surface area contributed by atoms with Crippen molar-refractivity contribution in [1.29, 1.82) is 0 Å². The maximum atomic E-state index is 11.2. The minimum absolute atomic E-state index is 0.00538. The molecule has 0 radical (unpaired) electrons. The van der Waals surface area contributed by atoms with Crippen LogP contribution in [0.3, 0.4) is 0 Å². The fourth-order valence-electron chi connectivity index (χ4n) is 1.83. The highest BCUT2D eigenvalue weighted by molar-refractivity contribution is 7.10. The smallest absolute Gasteiger partial charge is 0.333 e. The molecule has 5 nitrogen and oxygen atoms in total. The predicted molar refractivity (Wildman–Crippen MR) is 76.0 cm³/mol. The number of nitrogens with one attached hydrogen (secondary N) is 1. The molecule has 0 spiro atoms. The van der Waals surface area contributed by atoms with Crippen LogP contribution in [0.1, 0.15) is 17.8 Å². The minimum Gasteiger partial charge on any atom is -0.490 e. The van der Waals surface area contributed by atoms with Crippen LogP contribution in [0.15, 0.2) is 35.7 Å². The summed E-state index contributed by atoms with van der Waals surface area (Å²) in [6.07, 6.45) is 0. The molecule has 0 saturated heterocycles. The lowest BCUT2D eigenvalue weighted by atomic mass is 10.2. The van der Waals surface area contributed by atoms with Crippen LogP contribution in [0, 0.1) is 10.1 Å². The molecule has 0 aliphatic heterocycles. The van der Waals surface area contributed by atoms with Gasteiger partial charge in [0.15, 0.2) is 5.75 Å². The number of hydrogen-bond donors (Lipinski definition) is 1. The molecule has 100 valence electrons. The van der Waals surface area contributed by atoms with Crippen molar-refractivity contribution in [3.8, 4) is 5.75 Å². The van der Waals surface area contributed by atoms with Gasteiger partial charge in [0.05, 0.1) is 18.1 Å². The number of hydrogen-bond acceptors (Lipinski definition) is 5. The Hall–Kier alpha value is -2.08. The van der Waals surface area contributed by atoms with Gasteiger partial charge in [-0.25, -0.2) is 0 Å². The molecule has 2 rings (SSSR count). The zero-order valence-electron chi connectivity index (χ0n) is 10.6. The molecule has 0 saturated carbocycles. The lowest BCUT2D eigenvalue weighted by Gasteiger charge is -2.14. The molecule has 0 bridgehead atoms. The number of para-hydroxylation sites is 1. The number of rotatable bonds is 5. The van der Waals surface area contributed by atoms with Gasteiger partial charge in [0.2, 0.25) is 0 Å². The quantitative estimate of drug-likeness (QED) is 0.666. The van der Waals surface area contributed by atoms with Crippen LogP contribution in [0.2, 0.25) is 0 Å². The van der Waals surface area contributed by atoms with Gasteiger partial charge in [-0.3, -0.25) is 10.1 Å². The molecular weight excluding hydrogens is 264 g/mol. The Balaban J connectivity index is 2.32. The molecule has 1 aromatic carbocycles. The third kappa shape index (κ3) is 2.85. The van der Waals surface area contributed by atoms with E-state index in [0.717, 1.165) is 4.88 Å². The van der Waals surface area contributed by atoms with Crippen molar-refractivity contribution >= 4 is 22.7 Å². The highest BCUT2D eigenvalue weighted by Crippen LogP contribution is 2.36. The number of nitro groups is 1. The summed E-state index contributed by atoms with van der Waals surface area (Å²) >= 11 is 1.61. The molecule has 0 amide bonds. The topological polar surface area (TPSA) is 64.4 Å². The molecule has 2 aromatic rings. The van der Waals surface area contributed by atoms with Gasteiger partial charge in [-0.05, 0) is 30.5 Å². The largest absolute Gasteiger partial charge is 0.490 e. The minimum atomic E-state index is -0.428. The van der Waals surface area contributed by atoms with Crippen molar-refractivity contribution in [2.75, 3.05) is 12.4 Å². The zero-order chi connectivity index (χ0) is 13.8. The first-order valence-corrected chi connectivity index (χ1v) is 6.62. The summed E-state index contributed by atoms with van der Waals surface area (Å²) in [5.41, 5.74) is 0.429. The standard InChI is InChI=1S/C13H14N2O3S/c1-9(12-7-4-8-19-12)14-10-5-3-6-11(18-2)13(10)15(16)17/h3-9,14H,1-2H3. The van der Waals surface area contributed by atoms with E-state index < -0.39 is 4.92 Å². The molecule has 19 heavy (non-hydrogen) atoms. The maximum absolute atomic E-state index is 11.2. The Labute approximate surface area is 115 Å². The number of benzene rings is 1. The highest BCUT2D eigenvalue weighted by atomic mass is 32.1. The Morgan fingerprint density at radius 2 is 2.16 bits per heavy atom. The van der Waals surface area contributed by atoms with Crippen molar-refractivity contribution < 1.29 is 9.66 Å². The van der Waals surface area contributed by atoms with Crippen LogP contribution < -0.4 is 10.1 Å². The van der Waals surface area contributed by atoms with Gasteiger partial charge in [-0.1, -0.05) is 12.1 Å². The average molecular weight is 278 g/mol. The third-order valence-electron chi connectivity index (χ3n) is 2.74. The van der Waals surface area contributed by atoms with E-state index in [4.69, 9.17) is 4.74 Å². The second-order valence-electron chi connectivity index (χ2n) is 3.99. The number of methoxy groups -OCH3 is 1. The zero-order valence-corrected chi connectivity index (χ0v) is 11.4. The first-order valence-electron chi connectivity index (χ1n) is 5.75. The van der Waals surface area contributed by atoms with E-state index >= 15 is 0 Å². The normalized spacial score (nSPS) is 11.9. The van der Waals surface area contributed by atoms with Crippen molar-refractivity contribution in [1.82, 2.24) is 0 Å². The fourth-order valence-corrected chi connectivity index (χ4v) is 2.57. The third-order valence-corrected chi connectivity index (χ3v) is 3.80. The van der Waals surface area contributed by atoms with Gasteiger partial charge in [0, 0.05) is 4.88 Å². The summed E-state index contributed by atoms with van der Waals surface area (Å²) in [5, 5.41) is 16.3. The Morgan fingerprint density at radius 1 is 1.37 bits per heavy atom. The number of nitro benzene ring substituents is 1. The Bertz CT molecular complexity index is 569. The van der Waals surface area contributed by atoms with Crippen molar-refractivity contribution in [2.24, 2.45) is 0 Å². The van der Waals surface area contributed by atoms with E-state index in [2.05, 4.69) is 5.32 Å². The molecule has 1 N–H and O–H groups in total. The Kier molecular flexibility index (Phi) is 4.01. The van der Waals surface area contributed by atoms with Gasteiger partial charge < -0.3 is 10.1 Å². The van der Waals surface area contributed by atoms with Crippen molar-refractivity contribution in [3.63, 3.8) is 0 Å². The lowest BCUT2D eigenvalue weighted by Crippen LogP contribution is -2.07. The van der Waals surface area contributed by atoms with Gasteiger partial charge in [0.1, 0.15) is 5.69 Å². The molecule has 1 unspecified atom stereocenters. The first kappa shape index (κ1) is 13.4. The number of thiophene rings is 1. The van der Waals surface area contributed by atoms with E-state index in [-0.39, 0.29) is 17.5 Å². The lowest BCUT2D eigenvalue weighted by molar-refractivity contribution is -0.384. The molecule has 1 heterocycles. The van der Waals surface area contributed by atoms with E-state index in [1.165, 1.54) is 7.11 Å². The van der Waals surface area contributed by atoms with E-state index in [1.54, 1.807) is 29.5 Å². The summed E-state index contributed by atoms with van der Waals surface area (Å²) in [4.78, 5) is 11.9. The number of ether oxygens (including phenoxy) is 1. The second-order valence-corrected chi connectivity index (χ2v) is 4.97. The fraction of sp³-hybridized carbons (Fsp3) is 0.231. The first-order chi connectivity index (χ1) is 9.13. The SMILES string of the molecule is COc1cccc(NC(C)c2cccs2)c1[N+](=O)[O-]. The van der Waals surface area contributed by atoms with Crippen LogP contribution >= 0.6 is 11.3 Å². The molecule has 0 aliphatic carbocycles. The molecule has 0 aliphatic rings. The van der Waals surface area contributed by atoms with Crippen LogP contribution in [0.4, 0.5) is 11.4 Å². The average Bonchev–Trinajstić information content (AvgIpc) is 2.92. The Morgan fingerprint density at radius 3 is 2.74 bits per heavy atom. The second kappa shape index (κ2) is 5.71. The van der Waals surface area contributed by atoms with Crippen LogP contribution in [-0.2, 0) is 0 Å². The van der Waals surface area contributed by atoms with E-state index in [9.17, 15) is 10.1 Å². The van der Waals surface area contributed by atoms with Crippen LogP contribution in [0.25, 0.3) is 0 Å². The summed E-state index contributed by atoms with van der Waals surface area (Å²) in [6.45, 7) is 1.97. The number of anilines is 1. The summed E-state index contributed by atoms with van der Waals surface area (Å²) in [6, 6.07) is 8.96. The summed E-state index contributed by atoms with van der Waals surface area (Å²) in [5.74, 6) is 0.258. The molecule has 6 heteroatoms. The molecule has 0 fully saturated rings. The van der Waals surface area contributed by atoms with Crippen molar-refractivity contribution in [3.05, 3.63) is 50.7 Å². The van der Waals surface area contributed by atoms with Crippen LogP contribution in [0.5, 0.6) is 5.75 Å². The number of nitrogens with zero attached hydrogens (tertiary/aromatic N) is 1. The molecular formula is C13H14N2O3S. The highest BCUT2D eigenvalue weighted by Gasteiger charge is 2.21. The van der Waals surface area contributed by atoms with Gasteiger partial charge in [0.25, 0.3) is 0 Å². The van der Waals surface area contributed by atoms with E-state index in [1.807, 2.05) is 24.4 Å². The monoisotopic (exact) mass is 278 g/mol. The summed E-state index contributed by atoms with van der Waals surface area (Å²) < 4.78 is 5.04. The van der Waals surface area contributed by atoms with Crippen LogP contribution in [-0.4, -0.2) is 12.0 Å². The molecule has 1 aromatic heterocycles. The van der Waals surface area contributed by atoms with E-state index in [0.29, 0.717) is 5.69 Å². The summed E-state index contributed by atoms with van der Waals surface area (Å²) in [7, 11) is 1.43. The molecule has 1 atom stereocenters. The van der Waals surface area contributed by atoms with Gasteiger partial charge in [-0.15, -0.1) is 11.3 Å². The van der Waals surface area contributed by atoms with Crippen molar-refractivity contribution in [2.45, 2.75) is 13.0 Å². The van der Waals surface area contributed by atoms with Gasteiger partial charge >= 0.3 is 5.69 Å². The maximum Gasteiger partial charge on any atom is 0.333 e. The van der Waals surface area contributed by atoms with Gasteiger partial charge in [-0.2, -0.15) is 0 Å². The predicted octanol–water partition coefficient (Wildman–Crippen LogP) is 3.84.